The summed E-state index contributed by atoms with van der Waals surface area (Å²) in [6.07, 6.45) is 1.53. The molecular weight excluding hydrogens is 518 g/mol. The first-order valence-electron chi connectivity index (χ1n) is 12.3. The van der Waals surface area contributed by atoms with Gasteiger partial charge in [0.1, 0.15) is 16.7 Å². The summed E-state index contributed by atoms with van der Waals surface area (Å²) in [5.41, 5.74) is 1.38. The van der Waals surface area contributed by atoms with E-state index in [0.29, 0.717) is 28.0 Å². The summed E-state index contributed by atoms with van der Waals surface area (Å²) < 4.78 is 34.3. The maximum Gasteiger partial charge on any atom is 0.321 e. The second-order valence-electron chi connectivity index (χ2n) is 8.92. The van der Waals surface area contributed by atoms with Crippen LogP contribution in [0.2, 0.25) is 0 Å². The van der Waals surface area contributed by atoms with Crippen LogP contribution in [-0.4, -0.2) is 67.3 Å². The minimum Gasteiger partial charge on any atom is -0.497 e. The largest absolute Gasteiger partial charge is 0.497 e. The normalized spacial score (nSPS) is 16.0. The summed E-state index contributed by atoms with van der Waals surface area (Å²) in [7, 11) is -2.62. The Morgan fingerprint density at radius 1 is 0.872 bits per heavy atom. The zero-order valence-electron chi connectivity index (χ0n) is 21.2. The fraction of sp³-hybridized carbons (Fsp3) is 0.179. The van der Waals surface area contributed by atoms with Gasteiger partial charge in [-0.05, 0) is 48.5 Å². The second-order valence-corrected chi connectivity index (χ2v) is 10.8. The van der Waals surface area contributed by atoms with Crippen LogP contribution in [-0.2, 0) is 14.8 Å². The van der Waals surface area contributed by atoms with Gasteiger partial charge in [-0.25, -0.2) is 13.2 Å². The van der Waals surface area contributed by atoms with Crippen LogP contribution in [0.3, 0.4) is 0 Å². The van der Waals surface area contributed by atoms with Crippen molar-refractivity contribution in [1.82, 2.24) is 14.2 Å². The number of piperazine rings is 1. The Morgan fingerprint density at radius 2 is 1.59 bits per heavy atom. The molecule has 3 aromatic carbocycles. The van der Waals surface area contributed by atoms with Gasteiger partial charge in [-0.2, -0.15) is 4.31 Å². The lowest BCUT2D eigenvalue weighted by molar-refractivity contribution is -0.121. The standard InChI is InChI=1S/C28H27N5O5S/c1-38-23-14-12-22(13-15-23)30-27(34)24-19-32(28(35)31-21-9-3-2-4-10-21)17-18-33(24)39(36,37)25-11-5-7-20-8-6-16-29-26(20)25/h2-16,24H,17-19H2,1H3,(H,30,34)(H,31,35). The van der Waals surface area contributed by atoms with Gasteiger partial charge in [0.05, 0.1) is 12.6 Å². The first-order chi connectivity index (χ1) is 18.9. The number of ether oxygens (including phenoxy) is 1. The van der Waals surface area contributed by atoms with Crippen LogP contribution in [0.1, 0.15) is 0 Å². The minimum absolute atomic E-state index is 0.00466. The van der Waals surface area contributed by atoms with E-state index in [2.05, 4.69) is 15.6 Å². The van der Waals surface area contributed by atoms with Gasteiger partial charge >= 0.3 is 6.03 Å². The SMILES string of the molecule is COc1ccc(NC(=O)C2CN(C(=O)Nc3ccccc3)CCN2S(=O)(=O)c2cccc3cccnc23)cc1. The summed E-state index contributed by atoms with van der Waals surface area (Å²) in [5, 5.41) is 6.26. The predicted octanol–water partition coefficient (Wildman–Crippen LogP) is 3.79. The van der Waals surface area contributed by atoms with Crippen LogP contribution in [0, 0.1) is 0 Å². The molecule has 0 spiro atoms. The number of sulfonamides is 1. The zero-order chi connectivity index (χ0) is 27.4. The predicted molar refractivity (Wildman–Crippen MR) is 148 cm³/mol. The summed E-state index contributed by atoms with van der Waals surface area (Å²) in [6, 6.07) is 22.4. The van der Waals surface area contributed by atoms with Gasteiger partial charge in [0.25, 0.3) is 0 Å². The van der Waals surface area contributed by atoms with E-state index in [1.165, 1.54) is 24.3 Å². The lowest BCUT2D eigenvalue weighted by Crippen LogP contribution is -2.60. The molecule has 0 bridgehead atoms. The molecule has 0 radical (unpaired) electrons. The minimum atomic E-state index is -4.16. The molecule has 0 aliphatic carbocycles. The molecule has 11 heteroatoms. The number of nitrogens with one attached hydrogen (secondary N) is 2. The average Bonchev–Trinajstić information content (AvgIpc) is 2.97. The molecule has 1 aliphatic rings. The molecular formula is C28H27N5O5S. The van der Waals surface area contributed by atoms with Crippen LogP contribution < -0.4 is 15.4 Å². The maximum atomic E-state index is 14.0. The highest BCUT2D eigenvalue weighted by Gasteiger charge is 2.42. The number of carbonyl (C=O) groups is 2. The Kier molecular flexibility index (Phi) is 7.44. The van der Waals surface area contributed by atoms with Crippen molar-refractivity contribution in [2.45, 2.75) is 10.9 Å². The molecule has 1 saturated heterocycles. The van der Waals surface area contributed by atoms with Crippen molar-refractivity contribution in [3.05, 3.63) is 91.1 Å². The van der Waals surface area contributed by atoms with Crippen LogP contribution >= 0.6 is 0 Å². The number of pyridine rings is 1. The zero-order valence-corrected chi connectivity index (χ0v) is 22.0. The average molecular weight is 546 g/mol. The van der Waals surface area contributed by atoms with E-state index in [-0.39, 0.29) is 24.5 Å². The van der Waals surface area contributed by atoms with E-state index in [4.69, 9.17) is 4.74 Å². The summed E-state index contributed by atoms with van der Waals surface area (Å²) in [4.78, 5) is 32.4. The number of nitrogens with zero attached hydrogens (tertiary/aromatic N) is 3. The first kappa shape index (κ1) is 26.1. The third kappa shape index (κ3) is 5.54. The van der Waals surface area contributed by atoms with Gasteiger partial charge < -0.3 is 20.3 Å². The smallest absolute Gasteiger partial charge is 0.321 e. The highest BCUT2D eigenvalue weighted by Crippen LogP contribution is 2.28. The fourth-order valence-electron chi connectivity index (χ4n) is 4.49. The number of hydrogen-bond donors (Lipinski definition) is 2. The topological polar surface area (TPSA) is 121 Å². The number of benzene rings is 3. The summed E-state index contributed by atoms with van der Waals surface area (Å²) in [5.74, 6) is 0.0521. The third-order valence-electron chi connectivity index (χ3n) is 6.49. The van der Waals surface area contributed by atoms with E-state index < -0.39 is 28.0 Å². The van der Waals surface area contributed by atoms with Crippen molar-refractivity contribution >= 4 is 44.2 Å². The molecule has 2 N–H and O–H groups in total. The van der Waals surface area contributed by atoms with Gasteiger partial charge in [-0.15, -0.1) is 0 Å². The molecule has 1 atom stereocenters. The number of aromatic nitrogens is 1. The molecule has 39 heavy (non-hydrogen) atoms. The van der Waals surface area contributed by atoms with Crippen LogP contribution in [0.25, 0.3) is 10.9 Å². The van der Waals surface area contributed by atoms with E-state index in [1.54, 1.807) is 72.8 Å². The quantitative estimate of drug-likeness (QED) is 0.380. The van der Waals surface area contributed by atoms with Crippen LogP contribution in [0.4, 0.5) is 16.2 Å². The van der Waals surface area contributed by atoms with Gasteiger partial charge in [0, 0.05) is 42.6 Å². The van der Waals surface area contributed by atoms with Crippen molar-refractivity contribution in [3.63, 3.8) is 0 Å². The molecule has 2 heterocycles. The molecule has 10 nitrogen and oxygen atoms in total. The highest BCUT2D eigenvalue weighted by molar-refractivity contribution is 7.89. The molecule has 200 valence electrons. The molecule has 5 rings (SSSR count). The van der Waals surface area contributed by atoms with Crippen molar-refractivity contribution in [2.24, 2.45) is 0 Å². The third-order valence-corrected chi connectivity index (χ3v) is 8.43. The number of carbonyl (C=O) groups excluding carboxylic acids is 2. The van der Waals surface area contributed by atoms with E-state index >= 15 is 0 Å². The second kappa shape index (κ2) is 11.1. The number of rotatable bonds is 6. The first-order valence-corrected chi connectivity index (χ1v) is 13.7. The van der Waals surface area contributed by atoms with Gasteiger partial charge in [0.15, 0.2) is 0 Å². The molecule has 1 aliphatic heterocycles. The summed E-state index contributed by atoms with van der Waals surface area (Å²) >= 11 is 0. The Hall–Kier alpha value is -4.48. The van der Waals surface area contributed by atoms with Crippen LogP contribution in [0.5, 0.6) is 5.75 Å². The molecule has 1 unspecified atom stereocenters. The number of urea groups is 1. The van der Waals surface area contributed by atoms with Crippen molar-refractivity contribution in [2.75, 3.05) is 37.4 Å². The van der Waals surface area contributed by atoms with E-state index in [0.717, 1.165) is 4.31 Å². The van der Waals surface area contributed by atoms with Gasteiger partial charge in [-0.3, -0.25) is 9.78 Å². The molecule has 3 amide bonds. The molecule has 1 aromatic heterocycles. The summed E-state index contributed by atoms with van der Waals surface area (Å²) in [6.45, 7) is -0.116. The highest BCUT2D eigenvalue weighted by atomic mass is 32.2. The number of para-hydroxylation sites is 2. The van der Waals surface area contributed by atoms with Gasteiger partial charge in [0.2, 0.25) is 15.9 Å². The Bertz CT molecular complexity index is 1590. The Morgan fingerprint density at radius 3 is 2.33 bits per heavy atom. The van der Waals surface area contributed by atoms with Gasteiger partial charge in [-0.1, -0.05) is 36.4 Å². The monoisotopic (exact) mass is 545 g/mol. The Labute approximate surface area is 226 Å². The lowest BCUT2D eigenvalue weighted by Gasteiger charge is -2.39. The van der Waals surface area contributed by atoms with Crippen LogP contribution in [0.15, 0.2) is 96.0 Å². The lowest BCUT2D eigenvalue weighted by atomic mass is 10.2. The maximum absolute atomic E-state index is 14.0. The fourth-order valence-corrected chi connectivity index (χ4v) is 6.22. The number of fused-ring (bicyclic) bond motifs is 1. The molecule has 4 aromatic rings. The Balaban J connectivity index is 1.46. The van der Waals surface area contributed by atoms with Crippen molar-refractivity contribution in [3.8, 4) is 5.75 Å². The molecule has 1 fully saturated rings. The number of methoxy groups -OCH3 is 1. The van der Waals surface area contributed by atoms with E-state index in [1.807, 2.05) is 6.07 Å². The van der Waals surface area contributed by atoms with Crippen molar-refractivity contribution < 1.29 is 22.7 Å². The molecule has 0 saturated carbocycles. The number of amides is 3. The van der Waals surface area contributed by atoms with Crippen molar-refractivity contribution in [1.29, 1.82) is 0 Å². The number of hydrogen-bond acceptors (Lipinski definition) is 6. The van der Waals surface area contributed by atoms with E-state index in [9.17, 15) is 18.0 Å². The number of anilines is 2.